The number of nitrogens with two attached hydrogens (primary N) is 1. The van der Waals surface area contributed by atoms with Gasteiger partial charge in [0.15, 0.2) is 0 Å². The molecule has 58 valence electrons. The first kappa shape index (κ1) is 8.17. The third-order valence-corrected chi connectivity index (χ3v) is 1.51. The summed E-state index contributed by atoms with van der Waals surface area (Å²) in [5.74, 6) is 0. The van der Waals surface area contributed by atoms with Crippen molar-refractivity contribution in [2.24, 2.45) is 5.73 Å². The van der Waals surface area contributed by atoms with E-state index in [0.29, 0.717) is 17.0 Å². The van der Waals surface area contributed by atoms with Crippen molar-refractivity contribution in [1.29, 1.82) is 0 Å². The maximum atomic E-state index is 10.2. The molecular weight excluding hydrogens is 164 g/mol. The standard InChI is InChI=1S/C7H7ClN2O/c8-7-2-1-5(3-10-7)6(9)4-11/h1-4,6H,9H2. The van der Waals surface area contributed by atoms with Gasteiger partial charge in [0.05, 0.1) is 6.04 Å². The summed E-state index contributed by atoms with van der Waals surface area (Å²) in [7, 11) is 0. The van der Waals surface area contributed by atoms with Crippen LogP contribution in [0.25, 0.3) is 0 Å². The lowest BCUT2D eigenvalue weighted by atomic mass is 10.1. The van der Waals surface area contributed by atoms with E-state index in [2.05, 4.69) is 4.98 Å². The molecule has 1 heterocycles. The predicted molar refractivity (Wildman–Crippen MR) is 42.2 cm³/mol. The van der Waals surface area contributed by atoms with E-state index in [1.165, 1.54) is 6.20 Å². The zero-order chi connectivity index (χ0) is 8.27. The summed E-state index contributed by atoms with van der Waals surface area (Å²) in [5.41, 5.74) is 6.06. The van der Waals surface area contributed by atoms with Crippen LogP contribution in [0.2, 0.25) is 5.15 Å². The molecule has 2 N–H and O–H groups in total. The first-order valence-electron chi connectivity index (χ1n) is 3.06. The fourth-order valence-corrected chi connectivity index (χ4v) is 0.775. The monoisotopic (exact) mass is 170 g/mol. The molecule has 0 amide bonds. The number of halogens is 1. The van der Waals surface area contributed by atoms with Gasteiger partial charge in [-0.3, -0.25) is 0 Å². The first-order valence-corrected chi connectivity index (χ1v) is 3.44. The van der Waals surface area contributed by atoms with Gasteiger partial charge in [-0.05, 0) is 11.6 Å². The van der Waals surface area contributed by atoms with Gasteiger partial charge in [-0.2, -0.15) is 0 Å². The van der Waals surface area contributed by atoms with Crippen molar-refractivity contribution in [3.8, 4) is 0 Å². The Morgan fingerprint density at radius 3 is 2.82 bits per heavy atom. The number of pyridine rings is 1. The van der Waals surface area contributed by atoms with Crippen LogP contribution >= 0.6 is 11.6 Å². The topological polar surface area (TPSA) is 56.0 Å². The van der Waals surface area contributed by atoms with E-state index < -0.39 is 6.04 Å². The lowest BCUT2D eigenvalue weighted by Gasteiger charge is -2.01. The Kier molecular flexibility index (Phi) is 2.57. The minimum Gasteiger partial charge on any atom is -0.318 e. The SMILES string of the molecule is NC(C=O)c1ccc(Cl)nc1. The Hall–Kier alpha value is -0.930. The van der Waals surface area contributed by atoms with Crippen LogP contribution in [0.1, 0.15) is 11.6 Å². The van der Waals surface area contributed by atoms with Crippen LogP contribution in [0.4, 0.5) is 0 Å². The van der Waals surface area contributed by atoms with Gasteiger partial charge in [0.25, 0.3) is 0 Å². The van der Waals surface area contributed by atoms with Crippen LogP contribution in [0.5, 0.6) is 0 Å². The van der Waals surface area contributed by atoms with E-state index >= 15 is 0 Å². The Bertz CT molecular complexity index is 247. The third-order valence-electron chi connectivity index (χ3n) is 1.28. The maximum Gasteiger partial charge on any atom is 0.141 e. The number of rotatable bonds is 2. The van der Waals surface area contributed by atoms with Gasteiger partial charge in [0, 0.05) is 6.20 Å². The molecule has 4 heteroatoms. The fraction of sp³-hybridized carbons (Fsp3) is 0.143. The molecule has 1 atom stereocenters. The van der Waals surface area contributed by atoms with Crippen LogP contribution in [0, 0.1) is 0 Å². The molecular formula is C7H7ClN2O. The number of aromatic nitrogens is 1. The molecule has 0 saturated carbocycles. The van der Waals surface area contributed by atoms with E-state index in [1.54, 1.807) is 12.1 Å². The second kappa shape index (κ2) is 3.46. The summed E-state index contributed by atoms with van der Waals surface area (Å²) in [4.78, 5) is 14.0. The minimum absolute atomic E-state index is 0.395. The third kappa shape index (κ3) is 2.00. The van der Waals surface area contributed by atoms with Crippen LogP contribution < -0.4 is 5.73 Å². The van der Waals surface area contributed by atoms with Crippen molar-refractivity contribution in [1.82, 2.24) is 4.98 Å². The Morgan fingerprint density at radius 1 is 1.64 bits per heavy atom. The molecule has 0 fully saturated rings. The zero-order valence-electron chi connectivity index (χ0n) is 5.70. The quantitative estimate of drug-likeness (QED) is 0.531. The summed E-state index contributed by atoms with van der Waals surface area (Å²) in [5, 5.41) is 0.395. The summed E-state index contributed by atoms with van der Waals surface area (Å²) in [6.07, 6.45) is 2.15. The molecule has 11 heavy (non-hydrogen) atoms. The van der Waals surface area contributed by atoms with Gasteiger partial charge in [-0.1, -0.05) is 17.7 Å². The number of hydrogen-bond acceptors (Lipinski definition) is 3. The molecule has 0 saturated heterocycles. The normalized spacial score (nSPS) is 12.5. The average Bonchev–Trinajstić information content (AvgIpc) is 2.05. The smallest absolute Gasteiger partial charge is 0.141 e. The zero-order valence-corrected chi connectivity index (χ0v) is 6.45. The molecule has 1 aromatic rings. The second-order valence-electron chi connectivity index (χ2n) is 2.08. The first-order chi connectivity index (χ1) is 5.24. The fourth-order valence-electron chi connectivity index (χ4n) is 0.663. The molecule has 0 aliphatic carbocycles. The van der Waals surface area contributed by atoms with E-state index in [9.17, 15) is 4.79 Å². The van der Waals surface area contributed by atoms with E-state index in [4.69, 9.17) is 17.3 Å². The molecule has 0 aromatic carbocycles. The lowest BCUT2D eigenvalue weighted by molar-refractivity contribution is -0.109. The Morgan fingerprint density at radius 2 is 2.36 bits per heavy atom. The van der Waals surface area contributed by atoms with Crippen LogP contribution in [-0.2, 0) is 4.79 Å². The highest BCUT2D eigenvalue weighted by molar-refractivity contribution is 6.29. The molecule has 3 nitrogen and oxygen atoms in total. The molecule has 1 rings (SSSR count). The molecule has 0 aliphatic rings. The van der Waals surface area contributed by atoms with Crippen LogP contribution in [0.3, 0.4) is 0 Å². The summed E-state index contributed by atoms with van der Waals surface area (Å²) >= 11 is 5.52. The molecule has 0 spiro atoms. The predicted octanol–water partition coefficient (Wildman–Crippen LogP) is 0.934. The van der Waals surface area contributed by atoms with E-state index in [-0.39, 0.29) is 0 Å². The van der Waals surface area contributed by atoms with Crippen LogP contribution in [-0.4, -0.2) is 11.3 Å². The van der Waals surface area contributed by atoms with Gasteiger partial charge >= 0.3 is 0 Å². The maximum absolute atomic E-state index is 10.2. The molecule has 1 unspecified atom stereocenters. The van der Waals surface area contributed by atoms with Crippen molar-refractivity contribution in [3.05, 3.63) is 29.0 Å². The molecule has 1 aromatic heterocycles. The highest BCUT2D eigenvalue weighted by Crippen LogP contribution is 2.09. The highest BCUT2D eigenvalue weighted by Gasteiger charge is 2.02. The number of hydrogen-bond donors (Lipinski definition) is 1. The largest absolute Gasteiger partial charge is 0.318 e. The number of carbonyl (C=O) groups is 1. The van der Waals surface area contributed by atoms with Crippen molar-refractivity contribution in [2.75, 3.05) is 0 Å². The Balaban J connectivity index is 2.89. The Labute approximate surface area is 69.2 Å². The molecule has 0 bridgehead atoms. The van der Waals surface area contributed by atoms with Gasteiger partial charge in [0.2, 0.25) is 0 Å². The van der Waals surface area contributed by atoms with Crippen molar-refractivity contribution in [2.45, 2.75) is 6.04 Å². The summed E-state index contributed by atoms with van der Waals surface area (Å²) < 4.78 is 0. The lowest BCUT2D eigenvalue weighted by Crippen LogP contribution is -2.11. The van der Waals surface area contributed by atoms with Crippen LogP contribution in [0.15, 0.2) is 18.3 Å². The highest BCUT2D eigenvalue weighted by atomic mass is 35.5. The van der Waals surface area contributed by atoms with Gasteiger partial charge in [0.1, 0.15) is 11.4 Å². The number of nitrogens with zero attached hydrogens (tertiary/aromatic N) is 1. The molecule has 0 radical (unpaired) electrons. The minimum atomic E-state index is -0.597. The second-order valence-corrected chi connectivity index (χ2v) is 2.46. The van der Waals surface area contributed by atoms with Gasteiger partial charge < -0.3 is 10.5 Å². The van der Waals surface area contributed by atoms with Crippen molar-refractivity contribution < 1.29 is 4.79 Å². The summed E-state index contributed by atoms with van der Waals surface area (Å²) in [6.45, 7) is 0. The molecule has 0 aliphatic heterocycles. The van der Waals surface area contributed by atoms with Crippen molar-refractivity contribution in [3.63, 3.8) is 0 Å². The van der Waals surface area contributed by atoms with Gasteiger partial charge in [-0.25, -0.2) is 4.98 Å². The van der Waals surface area contributed by atoms with Gasteiger partial charge in [-0.15, -0.1) is 0 Å². The number of aldehydes is 1. The number of carbonyl (C=O) groups excluding carboxylic acids is 1. The van der Waals surface area contributed by atoms with Crippen molar-refractivity contribution >= 4 is 17.9 Å². The average molecular weight is 171 g/mol. The van der Waals surface area contributed by atoms with E-state index in [0.717, 1.165) is 0 Å². The van der Waals surface area contributed by atoms with E-state index in [1.807, 2.05) is 0 Å². The summed E-state index contributed by atoms with van der Waals surface area (Å²) in [6, 6.07) is 2.68.